The van der Waals surface area contributed by atoms with Crippen LogP contribution in [0.2, 0.25) is 0 Å². The van der Waals surface area contributed by atoms with Crippen LogP contribution in [0.25, 0.3) is 28.0 Å². The minimum atomic E-state index is -0.709. The Hall–Kier alpha value is -2.67. The molecule has 0 radical (unpaired) electrons. The number of rotatable bonds is 8. The first-order chi connectivity index (χ1) is 13.2. The highest BCUT2D eigenvalue weighted by Gasteiger charge is 2.06. The zero-order valence-electron chi connectivity index (χ0n) is 16.0. The van der Waals surface area contributed by atoms with E-state index in [-0.39, 0.29) is 0 Å². The Labute approximate surface area is 162 Å². The van der Waals surface area contributed by atoms with Crippen molar-refractivity contribution in [1.82, 2.24) is 0 Å². The second kappa shape index (κ2) is 9.32. The molecule has 3 rings (SSSR count). The average molecular weight is 358 g/mol. The molecule has 0 spiro atoms. The van der Waals surface area contributed by atoms with Gasteiger partial charge in [0.15, 0.2) is 0 Å². The van der Waals surface area contributed by atoms with Crippen molar-refractivity contribution in [3.8, 4) is 11.1 Å². The number of alkyl halides is 1. The zero-order chi connectivity index (χ0) is 19.1. The van der Waals surface area contributed by atoms with Gasteiger partial charge in [-0.2, -0.15) is 0 Å². The number of hydrogen-bond acceptors (Lipinski definition) is 0. The third-order valence-corrected chi connectivity index (χ3v) is 4.84. The maximum atomic E-state index is 12.9. The quantitative estimate of drug-likeness (QED) is 0.285. The summed E-state index contributed by atoms with van der Waals surface area (Å²) in [5.74, 6) is 0. The second-order valence-corrected chi connectivity index (χ2v) is 7.09. The molecule has 1 unspecified atom stereocenters. The first-order valence-corrected chi connectivity index (χ1v) is 9.71. The standard InChI is InChI=1S/C26H27F/c1-3-9-24-18-21(11-6-4-5-10-20(2)27)14-17-26(24)25-16-15-22-12-7-8-13-23(22)19-25/h3,6-8,11-20H,1,4-5,9-10H2,2H3. The molecule has 3 aromatic rings. The van der Waals surface area contributed by atoms with Crippen LogP contribution in [0.15, 0.2) is 79.4 Å². The van der Waals surface area contributed by atoms with Crippen molar-refractivity contribution in [3.05, 3.63) is 90.5 Å². The van der Waals surface area contributed by atoms with Crippen LogP contribution < -0.4 is 0 Å². The van der Waals surface area contributed by atoms with Gasteiger partial charge in [0.1, 0.15) is 0 Å². The smallest absolute Gasteiger partial charge is 0.0973 e. The van der Waals surface area contributed by atoms with Crippen LogP contribution in [0.4, 0.5) is 4.39 Å². The summed E-state index contributed by atoms with van der Waals surface area (Å²) in [5, 5.41) is 2.51. The Bertz CT molecular complexity index is 934. The van der Waals surface area contributed by atoms with E-state index in [9.17, 15) is 4.39 Å². The number of halogens is 1. The molecule has 3 aromatic carbocycles. The highest BCUT2D eigenvalue weighted by atomic mass is 19.1. The Balaban J connectivity index is 1.84. The van der Waals surface area contributed by atoms with Gasteiger partial charge in [0.05, 0.1) is 6.17 Å². The van der Waals surface area contributed by atoms with Crippen LogP contribution >= 0.6 is 0 Å². The molecule has 0 aliphatic carbocycles. The summed E-state index contributed by atoms with van der Waals surface area (Å²) >= 11 is 0. The van der Waals surface area contributed by atoms with E-state index in [2.05, 4.69) is 79.4 Å². The monoisotopic (exact) mass is 358 g/mol. The lowest BCUT2D eigenvalue weighted by Crippen LogP contribution is -1.91. The van der Waals surface area contributed by atoms with Crippen LogP contribution in [0, 0.1) is 0 Å². The van der Waals surface area contributed by atoms with Crippen molar-refractivity contribution in [2.45, 2.75) is 38.8 Å². The van der Waals surface area contributed by atoms with E-state index in [1.165, 1.54) is 33.0 Å². The first kappa shape index (κ1) is 19.1. The minimum absolute atomic E-state index is 0.632. The summed E-state index contributed by atoms with van der Waals surface area (Å²) in [6, 6.07) is 21.7. The Kier molecular flexibility index (Phi) is 6.59. The molecule has 0 heterocycles. The van der Waals surface area contributed by atoms with Crippen LogP contribution in [-0.4, -0.2) is 6.17 Å². The van der Waals surface area contributed by atoms with Crippen LogP contribution in [0.3, 0.4) is 0 Å². The summed E-state index contributed by atoms with van der Waals surface area (Å²) < 4.78 is 12.9. The largest absolute Gasteiger partial charge is 0.248 e. The Morgan fingerprint density at radius 2 is 1.81 bits per heavy atom. The molecule has 0 saturated heterocycles. The molecular formula is C26H27F. The maximum absolute atomic E-state index is 12.9. The van der Waals surface area contributed by atoms with Crippen molar-refractivity contribution in [3.63, 3.8) is 0 Å². The topological polar surface area (TPSA) is 0 Å². The highest BCUT2D eigenvalue weighted by molar-refractivity contribution is 5.88. The van der Waals surface area contributed by atoms with E-state index >= 15 is 0 Å². The van der Waals surface area contributed by atoms with Gasteiger partial charge in [-0.15, -0.1) is 6.58 Å². The lowest BCUT2D eigenvalue weighted by molar-refractivity contribution is 0.335. The minimum Gasteiger partial charge on any atom is -0.248 e. The summed E-state index contributed by atoms with van der Waals surface area (Å²) in [4.78, 5) is 0. The van der Waals surface area contributed by atoms with Gasteiger partial charge in [0.2, 0.25) is 0 Å². The van der Waals surface area contributed by atoms with Crippen LogP contribution in [0.1, 0.15) is 37.3 Å². The van der Waals surface area contributed by atoms with E-state index in [0.717, 1.165) is 19.3 Å². The lowest BCUT2D eigenvalue weighted by atomic mass is 9.94. The van der Waals surface area contributed by atoms with Crippen molar-refractivity contribution in [1.29, 1.82) is 0 Å². The zero-order valence-corrected chi connectivity index (χ0v) is 16.0. The number of fused-ring (bicyclic) bond motifs is 1. The molecule has 27 heavy (non-hydrogen) atoms. The van der Waals surface area contributed by atoms with Crippen molar-refractivity contribution < 1.29 is 4.39 Å². The normalized spacial score (nSPS) is 12.5. The molecule has 0 aromatic heterocycles. The van der Waals surface area contributed by atoms with E-state index in [1.54, 1.807) is 6.92 Å². The fraction of sp³-hybridized carbons (Fsp3) is 0.231. The molecule has 0 aliphatic heterocycles. The molecule has 0 nitrogen and oxygen atoms in total. The highest BCUT2D eigenvalue weighted by Crippen LogP contribution is 2.29. The third kappa shape index (κ3) is 5.17. The van der Waals surface area contributed by atoms with E-state index < -0.39 is 6.17 Å². The van der Waals surface area contributed by atoms with Crippen molar-refractivity contribution in [2.75, 3.05) is 0 Å². The molecule has 0 amide bonds. The number of unbranched alkanes of at least 4 members (excludes halogenated alkanes) is 1. The van der Waals surface area contributed by atoms with Gasteiger partial charge in [-0.25, -0.2) is 4.39 Å². The van der Waals surface area contributed by atoms with Gasteiger partial charge in [0.25, 0.3) is 0 Å². The number of hydrogen-bond donors (Lipinski definition) is 0. The summed E-state index contributed by atoms with van der Waals surface area (Å²) in [7, 11) is 0. The Morgan fingerprint density at radius 1 is 1.00 bits per heavy atom. The molecule has 0 N–H and O–H groups in total. The van der Waals surface area contributed by atoms with Gasteiger partial charge < -0.3 is 0 Å². The first-order valence-electron chi connectivity index (χ1n) is 9.71. The molecule has 1 atom stereocenters. The summed E-state index contributed by atoms with van der Waals surface area (Å²) in [6.45, 7) is 5.54. The number of allylic oxidation sites excluding steroid dienone is 2. The van der Waals surface area contributed by atoms with E-state index in [1.807, 2.05) is 6.08 Å². The molecule has 1 heteroatoms. The summed E-state index contributed by atoms with van der Waals surface area (Å²) in [6.07, 6.45) is 8.80. The fourth-order valence-corrected chi connectivity index (χ4v) is 3.42. The van der Waals surface area contributed by atoms with Crippen molar-refractivity contribution >= 4 is 16.8 Å². The number of benzene rings is 3. The molecular weight excluding hydrogens is 331 g/mol. The third-order valence-electron chi connectivity index (χ3n) is 4.84. The Morgan fingerprint density at radius 3 is 2.59 bits per heavy atom. The predicted molar refractivity (Wildman–Crippen MR) is 117 cm³/mol. The molecule has 0 bridgehead atoms. The lowest BCUT2D eigenvalue weighted by Gasteiger charge is -2.11. The SMILES string of the molecule is C=CCc1cc(C=CCCCC(C)F)ccc1-c1ccc2ccccc2c1. The molecule has 138 valence electrons. The fourth-order valence-electron chi connectivity index (χ4n) is 3.42. The van der Waals surface area contributed by atoms with E-state index in [4.69, 9.17) is 0 Å². The second-order valence-electron chi connectivity index (χ2n) is 7.09. The maximum Gasteiger partial charge on any atom is 0.0973 e. The van der Waals surface area contributed by atoms with Gasteiger partial charge in [-0.05, 0) is 71.7 Å². The van der Waals surface area contributed by atoms with Crippen LogP contribution in [-0.2, 0) is 6.42 Å². The molecule has 0 saturated carbocycles. The summed E-state index contributed by atoms with van der Waals surface area (Å²) in [5.41, 5.74) is 4.95. The predicted octanol–water partition coefficient (Wildman–Crippen LogP) is 7.78. The van der Waals surface area contributed by atoms with Gasteiger partial charge in [-0.1, -0.05) is 72.8 Å². The van der Waals surface area contributed by atoms with Crippen LogP contribution in [0.5, 0.6) is 0 Å². The van der Waals surface area contributed by atoms with Gasteiger partial charge >= 0.3 is 0 Å². The van der Waals surface area contributed by atoms with Crippen molar-refractivity contribution in [2.24, 2.45) is 0 Å². The average Bonchev–Trinajstić information content (AvgIpc) is 2.67. The van der Waals surface area contributed by atoms with Gasteiger partial charge in [0, 0.05) is 0 Å². The molecule has 0 aliphatic rings. The van der Waals surface area contributed by atoms with E-state index in [0.29, 0.717) is 6.42 Å². The van der Waals surface area contributed by atoms with Gasteiger partial charge in [-0.3, -0.25) is 0 Å². The molecule has 0 fully saturated rings.